The van der Waals surface area contributed by atoms with Crippen LogP contribution >= 0.6 is 12.2 Å². The second-order valence-corrected chi connectivity index (χ2v) is 4.22. The van der Waals surface area contributed by atoms with Crippen LogP contribution in [-0.4, -0.2) is 21.7 Å². The molecule has 17 heavy (non-hydrogen) atoms. The predicted molar refractivity (Wildman–Crippen MR) is 70.4 cm³/mol. The molecule has 0 atom stereocenters. The van der Waals surface area contributed by atoms with Crippen LogP contribution in [0, 0.1) is 11.6 Å². The summed E-state index contributed by atoms with van der Waals surface area (Å²) in [4.78, 5) is 7.60. The first-order chi connectivity index (χ1) is 8.22. The monoisotopic (exact) mass is 246 g/mol. The van der Waals surface area contributed by atoms with E-state index in [1.165, 1.54) is 0 Å². The number of hydrogen-bond acceptors (Lipinski definition) is 3. The Bertz CT molecular complexity index is 563. The zero-order chi connectivity index (χ0) is 12.3. The minimum atomic E-state index is 0.0880. The molecule has 1 aromatic heterocycles. The molecule has 1 heterocycles. The van der Waals surface area contributed by atoms with Gasteiger partial charge < -0.3 is 10.1 Å². The maximum Gasteiger partial charge on any atom is 0.139 e. The molecule has 2 rings (SSSR count). The molecular formula is C13H14N2OS. The van der Waals surface area contributed by atoms with E-state index in [1.54, 1.807) is 0 Å². The summed E-state index contributed by atoms with van der Waals surface area (Å²) in [6.45, 7) is 2.04. The smallest absolute Gasteiger partial charge is 0.139 e. The number of rotatable bonds is 3. The molecular weight excluding hydrogens is 232 g/mol. The van der Waals surface area contributed by atoms with Crippen molar-refractivity contribution >= 4 is 12.2 Å². The van der Waals surface area contributed by atoms with Crippen LogP contribution in [0.3, 0.4) is 0 Å². The van der Waals surface area contributed by atoms with Crippen LogP contribution in [0.2, 0.25) is 0 Å². The summed E-state index contributed by atoms with van der Waals surface area (Å²) < 4.78 is 0.564. The van der Waals surface area contributed by atoms with E-state index >= 15 is 0 Å². The highest BCUT2D eigenvalue weighted by atomic mass is 32.1. The molecule has 0 fully saturated rings. The third-order valence-electron chi connectivity index (χ3n) is 2.64. The van der Waals surface area contributed by atoms with E-state index in [1.807, 2.05) is 37.3 Å². The standard InChI is InChI=1S/C13H14N2OS/c1-9-11(7-8-16)13(17)15-12(14-9)10-5-3-2-4-6-10/h2-6,16H,7-8H2,1H3,(H,14,15,17). The van der Waals surface area contributed by atoms with Crippen LogP contribution in [0.1, 0.15) is 11.3 Å². The van der Waals surface area contributed by atoms with Crippen LogP contribution in [0.5, 0.6) is 0 Å². The van der Waals surface area contributed by atoms with E-state index in [-0.39, 0.29) is 6.61 Å². The number of aryl methyl sites for hydroxylation is 1. The summed E-state index contributed by atoms with van der Waals surface area (Å²) in [6, 6.07) is 9.86. The maximum absolute atomic E-state index is 8.97. The zero-order valence-corrected chi connectivity index (χ0v) is 10.4. The lowest BCUT2D eigenvalue weighted by Gasteiger charge is -2.08. The molecule has 1 aromatic carbocycles. The average Bonchev–Trinajstić information content (AvgIpc) is 2.35. The highest BCUT2D eigenvalue weighted by molar-refractivity contribution is 7.71. The average molecular weight is 246 g/mol. The SMILES string of the molecule is Cc1[nH]c(-c2ccccc2)nc(=S)c1CCO. The van der Waals surface area contributed by atoms with E-state index in [0.717, 1.165) is 22.6 Å². The molecule has 0 radical (unpaired) electrons. The van der Waals surface area contributed by atoms with Gasteiger partial charge in [-0.05, 0) is 6.92 Å². The number of aliphatic hydroxyl groups is 1. The number of hydrogen-bond donors (Lipinski definition) is 2. The van der Waals surface area contributed by atoms with Crippen LogP contribution < -0.4 is 0 Å². The predicted octanol–water partition coefficient (Wildman–Crippen LogP) is 2.65. The topological polar surface area (TPSA) is 48.9 Å². The van der Waals surface area contributed by atoms with Crippen LogP contribution in [0.25, 0.3) is 11.4 Å². The fourth-order valence-electron chi connectivity index (χ4n) is 1.75. The first-order valence-electron chi connectivity index (χ1n) is 5.48. The van der Waals surface area contributed by atoms with Gasteiger partial charge in [0.1, 0.15) is 10.5 Å². The Morgan fingerprint density at radius 1 is 1.29 bits per heavy atom. The van der Waals surface area contributed by atoms with Gasteiger partial charge in [-0.3, -0.25) is 0 Å². The number of H-pyrrole nitrogens is 1. The Balaban J connectivity index is 2.50. The summed E-state index contributed by atoms with van der Waals surface area (Å²) in [5.74, 6) is 0.773. The fraction of sp³-hybridized carbons (Fsp3) is 0.231. The second-order valence-electron chi connectivity index (χ2n) is 3.83. The van der Waals surface area contributed by atoms with Gasteiger partial charge in [0.15, 0.2) is 0 Å². The van der Waals surface area contributed by atoms with E-state index in [4.69, 9.17) is 17.3 Å². The largest absolute Gasteiger partial charge is 0.396 e. The third-order valence-corrected chi connectivity index (χ3v) is 2.98. The Morgan fingerprint density at radius 3 is 2.59 bits per heavy atom. The van der Waals surface area contributed by atoms with Crippen LogP contribution in [-0.2, 0) is 6.42 Å². The molecule has 0 spiro atoms. The van der Waals surface area contributed by atoms with Gasteiger partial charge in [-0.15, -0.1) is 0 Å². The normalized spacial score (nSPS) is 10.5. The van der Waals surface area contributed by atoms with Crippen molar-refractivity contribution in [3.63, 3.8) is 0 Å². The van der Waals surface area contributed by atoms with Crippen LogP contribution in [0.15, 0.2) is 30.3 Å². The van der Waals surface area contributed by atoms with Gasteiger partial charge in [0.2, 0.25) is 0 Å². The summed E-state index contributed by atoms with van der Waals surface area (Å²) in [5, 5.41) is 8.97. The minimum absolute atomic E-state index is 0.0880. The van der Waals surface area contributed by atoms with Crippen molar-refractivity contribution in [1.29, 1.82) is 0 Å². The molecule has 0 aliphatic heterocycles. The van der Waals surface area contributed by atoms with Crippen molar-refractivity contribution in [2.45, 2.75) is 13.3 Å². The fourth-order valence-corrected chi connectivity index (χ4v) is 2.10. The van der Waals surface area contributed by atoms with Crippen molar-refractivity contribution in [2.24, 2.45) is 0 Å². The Hall–Kier alpha value is -1.52. The van der Waals surface area contributed by atoms with Gasteiger partial charge in [0.25, 0.3) is 0 Å². The van der Waals surface area contributed by atoms with Crippen molar-refractivity contribution in [3.8, 4) is 11.4 Å². The van der Waals surface area contributed by atoms with Crippen molar-refractivity contribution in [3.05, 3.63) is 46.2 Å². The number of benzene rings is 1. The summed E-state index contributed by atoms with van der Waals surface area (Å²) in [5.41, 5.74) is 2.90. The molecule has 0 saturated heterocycles. The van der Waals surface area contributed by atoms with E-state index < -0.39 is 0 Å². The van der Waals surface area contributed by atoms with Gasteiger partial charge in [0, 0.05) is 29.8 Å². The first kappa shape index (κ1) is 12.0. The van der Waals surface area contributed by atoms with E-state index in [0.29, 0.717) is 11.1 Å². The lowest BCUT2D eigenvalue weighted by Crippen LogP contribution is -2.02. The third kappa shape index (κ3) is 2.60. The Labute approximate surface area is 105 Å². The van der Waals surface area contributed by atoms with Gasteiger partial charge in [-0.25, -0.2) is 4.98 Å². The molecule has 0 bridgehead atoms. The second kappa shape index (κ2) is 5.21. The molecule has 0 amide bonds. The van der Waals surface area contributed by atoms with Crippen molar-refractivity contribution in [2.75, 3.05) is 6.61 Å². The highest BCUT2D eigenvalue weighted by Gasteiger charge is 2.06. The van der Waals surface area contributed by atoms with Gasteiger partial charge in [0.05, 0.1) is 0 Å². The minimum Gasteiger partial charge on any atom is -0.396 e. The summed E-state index contributed by atoms with van der Waals surface area (Å²) in [7, 11) is 0. The molecule has 4 heteroatoms. The van der Waals surface area contributed by atoms with Crippen molar-refractivity contribution < 1.29 is 5.11 Å². The number of nitrogens with zero attached hydrogens (tertiary/aromatic N) is 1. The number of aromatic nitrogens is 2. The summed E-state index contributed by atoms with van der Waals surface area (Å²) in [6.07, 6.45) is 0.545. The zero-order valence-electron chi connectivity index (χ0n) is 9.60. The molecule has 2 N–H and O–H groups in total. The number of aliphatic hydroxyl groups excluding tert-OH is 1. The van der Waals surface area contributed by atoms with Gasteiger partial charge in [-0.1, -0.05) is 42.5 Å². The first-order valence-corrected chi connectivity index (χ1v) is 5.89. The van der Waals surface area contributed by atoms with E-state index in [2.05, 4.69) is 9.97 Å². The lowest BCUT2D eigenvalue weighted by atomic mass is 10.1. The molecule has 2 aromatic rings. The maximum atomic E-state index is 8.97. The van der Waals surface area contributed by atoms with Crippen molar-refractivity contribution in [1.82, 2.24) is 9.97 Å². The molecule has 0 unspecified atom stereocenters. The quantitative estimate of drug-likeness (QED) is 0.819. The molecule has 88 valence electrons. The molecule has 0 aliphatic rings. The van der Waals surface area contributed by atoms with Gasteiger partial charge in [-0.2, -0.15) is 0 Å². The van der Waals surface area contributed by atoms with Crippen LogP contribution in [0.4, 0.5) is 0 Å². The molecule has 0 saturated carbocycles. The van der Waals surface area contributed by atoms with E-state index in [9.17, 15) is 0 Å². The number of nitrogens with one attached hydrogen (secondary N) is 1. The molecule has 3 nitrogen and oxygen atoms in total. The highest BCUT2D eigenvalue weighted by Crippen LogP contribution is 2.17. The summed E-state index contributed by atoms with van der Waals surface area (Å²) >= 11 is 5.25. The Kier molecular flexibility index (Phi) is 3.66. The molecule has 0 aliphatic carbocycles. The number of aromatic amines is 1. The Morgan fingerprint density at radius 2 is 2.00 bits per heavy atom. The van der Waals surface area contributed by atoms with Gasteiger partial charge >= 0.3 is 0 Å². The lowest BCUT2D eigenvalue weighted by molar-refractivity contribution is 0.299.